The van der Waals surface area contributed by atoms with Gasteiger partial charge < -0.3 is 24.2 Å². The van der Waals surface area contributed by atoms with Gasteiger partial charge in [0.25, 0.3) is 0 Å². The van der Waals surface area contributed by atoms with Gasteiger partial charge in [0, 0.05) is 12.8 Å². The van der Waals surface area contributed by atoms with E-state index in [9.17, 15) is 20.1 Å². The van der Waals surface area contributed by atoms with Crippen molar-refractivity contribution in [1.82, 2.24) is 0 Å². The molecule has 0 bridgehead atoms. The van der Waals surface area contributed by atoms with Gasteiger partial charge in [0.05, 0.1) is 12.2 Å². The highest BCUT2D eigenvalue weighted by atomic mass is 28.4. The summed E-state index contributed by atoms with van der Waals surface area (Å²) >= 11 is 0. The number of hydrogen-bond acceptors (Lipinski definition) is 5. The first-order chi connectivity index (χ1) is 11.7. The van der Waals surface area contributed by atoms with Gasteiger partial charge in [-0.2, -0.15) is 0 Å². The zero-order chi connectivity index (χ0) is 21.6. The van der Waals surface area contributed by atoms with E-state index in [1.165, 1.54) is 0 Å². The maximum absolute atomic E-state index is 11.8. The second-order valence-electron chi connectivity index (χ2n) is 11.1. The van der Waals surface area contributed by atoms with Crippen LogP contribution < -0.4 is 0 Å². The van der Waals surface area contributed by atoms with Crippen LogP contribution in [0.2, 0.25) is 36.3 Å². The molecular formula is C19H40O6Si2. The third kappa shape index (κ3) is 5.42. The average Bonchev–Trinajstić information content (AvgIpc) is 2.40. The van der Waals surface area contributed by atoms with Gasteiger partial charge in [0.15, 0.2) is 22.2 Å². The van der Waals surface area contributed by atoms with Crippen LogP contribution in [0, 0.1) is 0 Å². The van der Waals surface area contributed by atoms with Crippen LogP contribution >= 0.6 is 0 Å². The largest absolute Gasteiger partial charge is 0.479 e. The number of carboxylic acid groups (broad SMARTS) is 1. The summed E-state index contributed by atoms with van der Waals surface area (Å²) in [5.74, 6) is -1.29. The third-order valence-corrected chi connectivity index (χ3v) is 15.8. The van der Waals surface area contributed by atoms with E-state index in [1.807, 2.05) is 0 Å². The van der Waals surface area contributed by atoms with E-state index in [-0.39, 0.29) is 22.9 Å². The van der Waals surface area contributed by atoms with Crippen LogP contribution in [-0.2, 0) is 13.6 Å². The van der Waals surface area contributed by atoms with Crippen LogP contribution in [0.25, 0.3) is 0 Å². The second-order valence-corrected chi connectivity index (χ2v) is 20.6. The molecular weight excluding hydrogens is 380 g/mol. The van der Waals surface area contributed by atoms with Crippen molar-refractivity contribution in [3.05, 3.63) is 0 Å². The molecule has 6 nitrogen and oxygen atoms in total. The second kappa shape index (κ2) is 7.53. The molecule has 1 saturated carbocycles. The monoisotopic (exact) mass is 420 g/mol. The molecule has 1 aliphatic carbocycles. The van der Waals surface area contributed by atoms with Gasteiger partial charge in [0.1, 0.15) is 6.10 Å². The van der Waals surface area contributed by atoms with Crippen LogP contribution in [-0.4, -0.2) is 61.8 Å². The molecule has 3 N–H and O–H groups in total. The van der Waals surface area contributed by atoms with Crippen molar-refractivity contribution in [1.29, 1.82) is 0 Å². The lowest BCUT2D eigenvalue weighted by Crippen LogP contribution is -2.62. The zero-order valence-corrected chi connectivity index (χ0v) is 20.7. The Kier molecular flexibility index (Phi) is 6.91. The Bertz CT molecular complexity index is 509. The van der Waals surface area contributed by atoms with Crippen molar-refractivity contribution in [2.24, 2.45) is 0 Å². The quantitative estimate of drug-likeness (QED) is 0.586. The molecule has 0 saturated heterocycles. The lowest BCUT2D eigenvalue weighted by Gasteiger charge is -2.49. The molecule has 160 valence electrons. The summed E-state index contributed by atoms with van der Waals surface area (Å²) < 4.78 is 12.7. The Morgan fingerprint density at radius 1 is 0.889 bits per heavy atom. The summed E-state index contributed by atoms with van der Waals surface area (Å²) in [5.41, 5.74) is -1.96. The number of carboxylic acids is 1. The van der Waals surface area contributed by atoms with Gasteiger partial charge in [-0.3, -0.25) is 0 Å². The molecule has 0 aromatic carbocycles. The summed E-state index contributed by atoms with van der Waals surface area (Å²) in [6, 6.07) is 0. The van der Waals surface area contributed by atoms with Crippen LogP contribution in [0.3, 0.4) is 0 Å². The van der Waals surface area contributed by atoms with E-state index in [1.54, 1.807) is 0 Å². The molecule has 2 atom stereocenters. The molecule has 0 spiro atoms. The van der Waals surface area contributed by atoms with E-state index in [0.717, 1.165) is 0 Å². The Balaban J connectivity index is 3.21. The first-order valence-electron chi connectivity index (χ1n) is 9.73. The number of aliphatic hydroxyl groups is 2. The molecule has 0 unspecified atom stereocenters. The summed E-state index contributed by atoms with van der Waals surface area (Å²) in [4.78, 5) is 11.8. The normalized spacial score (nSPS) is 31.0. The smallest absolute Gasteiger partial charge is 0.335 e. The van der Waals surface area contributed by atoms with Crippen molar-refractivity contribution in [3.63, 3.8) is 0 Å². The zero-order valence-electron chi connectivity index (χ0n) is 18.7. The fourth-order valence-corrected chi connectivity index (χ4v) is 5.40. The first kappa shape index (κ1) is 24.8. The predicted octanol–water partition coefficient (Wildman–Crippen LogP) is 3.74. The Hall–Kier alpha value is -0.256. The fourth-order valence-electron chi connectivity index (χ4n) is 2.74. The van der Waals surface area contributed by atoms with Gasteiger partial charge in [-0.05, 0) is 36.3 Å². The molecule has 1 rings (SSSR count). The van der Waals surface area contributed by atoms with E-state index >= 15 is 0 Å². The standard InChI is InChI=1S/C19H40O6Si2/c1-17(2,3)26(7,8)24-13-11-19(23,16(21)22)12-14(15(13)20)25-27(9,10)18(4,5)6/h13-15,20,23H,11-12H2,1-10H3,(H,21,22)/t13-,14-,15?,19?/m1/s1. The van der Waals surface area contributed by atoms with Crippen LogP contribution in [0.5, 0.6) is 0 Å². The molecule has 0 heterocycles. The highest BCUT2D eigenvalue weighted by Crippen LogP contribution is 2.44. The van der Waals surface area contributed by atoms with Gasteiger partial charge >= 0.3 is 5.97 Å². The maximum Gasteiger partial charge on any atom is 0.335 e. The Morgan fingerprint density at radius 3 is 1.41 bits per heavy atom. The number of rotatable bonds is 5. The van der Waals surface area contributed by atoms with Crippen molar-refractivity contribution in [3.8, 4) is 0 Å². The minimum Gasteiger partial charge on any atom is -0.479 e. The SMILES string of the molecule is CC(C)(C)[Si](C)(C)O[C@@H]1CC(O)(C(=O)O)C[C@@H](O[Si](C)(C)C(C)(C)C)C1O. The molecule has 27 heavy (non-hydrogen) atoms. The molecule has 8 heteroatoms. The molecule has 1 fully saturated rings. The summed E-state index contributed by atoms with van der Waals surface area (Å²) in [6.45, 7) is 20.7. The van der Waals surface area contributed by atoms with Crippen LogP contribution in [0.15, 0.2) is 0 Å². The summed E-state index contributed by atoms with van der Waals surface area (Å²) in [5, 5.41) is 31.2. The summed E-state index contributed by atoms with van der Waals surface area (Å²) in [6.07, 6.45) is -2.76. The van der Waals surface area contributed by atoms with Crippen molar-refractivity contribution in [2.75, 3.05) is 0 Å². The van der Waals surface area contributed by atoms with Crippen molar-refractivity contribution in [2.45, 2.75) is 115 Å². The fraction of sp³-hybridized carbons (Fsp3) is 0.947. The number of aliphatic carboxylic acids is 1. The molecule has 0 aliphatic heterocycles. The van der Waals surface area contributed by atoms with E-state index in [0.29, 0.717) is 0 Å². The number of aliphatic hydroxyl groups excluding tert-OH is 1. The lowest BCUT2D eigenvalue weighted by molar-refractivity contribution is -0.183. The van der Waals surface area contributed by atoms with Gasteiger partial charge in [0.2, 0.25) is 0 Å². The van der Waals surface area contributed by atoms with Crippen LogP contribution in [0.1, 0.15) is 54.4 Å². The van der Waals surface area contributed by atoms with Gasteiger partial charge in [-0.15, -0.1) is 0 Å². The average molecular weight is 421 g/mol. The van der Waals surface area contributed by atoms with Gasteiger partial charge in [-0.1, -0.05) is 41.5 Å². The Morgan fingerprint density at radius 2 is 1.19 bits per heavy atom. The van der Waals surface area contributed by atoms with E-state index in [4.69, 9.17) is 8.85 Å². The maximum atomic E-state index is 11.8. The number of hydrogen-bond donors (Lipinski definition) is 3. The third-order valence-electron chi connectivity index (χ3n) is 6.74. The first-order valence-corrected chi connectivity index (χ1v) is 15.5. The molecule has 0 aromatic heterocycles. The minimum absolute atomic E-state index is 0.0959. The van der Waals surface area contributed by atoms with Gasteiger partial charge in [-0.25, -0.2) is 4.79 Å². The van der Waals surface area contributed by atoms with Crippen LogP contribution in [0.4, 0.5) is 0 Å². The molecule has 0 amide bonds. The Labute approximate surface area is 166 Å². The highest BCUT2D eigenvalue weighted by molar-refractivity contribution is 6.74. The van der Waals surface area contributed by atoms with Crippen molar-refractivity contribution >= 4 is 22.6 Å². The predicted molar refractivity (Wildman–Crippen MR) is 112 cm³/mol. The minimum atomic E-state index is -2.26. The van der Waals surface area contributed by atoms with E-state index in [2.05, 4.69) is 67.7 Å². The molecule has 1 aliphatic rings. The van der Waals surface area contributed by atoms with Crippen molar-refractivity contribution < 1.29 is 29.0 Å². The lowest BCUT2D eigenvalue weighted by atomic mass is 9.80. The number of carbonyl (C=O) groups is 1. The highest BCUT2D eigenvalue weighted by Gasteiger charge is 2.54. The molecule has 0 aromatic rings. The van der Waals surface area contributed by atoms with E-state index < -0.39 is 46.5 Å². The topological polar surface area (TPSA) is 96.2 Å². The molecule has 0 radical (unpaired) electrons. The summed E-state index contributed by atoms with van der Waals surface area (Å²) in [7, 11) is -4.53.